The quantitative estimate of drug-likeness (QED) is 0.820. The van der Waals surface area contributed by atoms with Crippen LogP contribution in [-0.4, -0.2) is 21.8 Å². The predicted molar refractivity (Wildman–Crippen MR) is 73.9 cm³/mol. The number of amides is 1. The lowest BCUT2D eigenvalue weighted by atomic mass is 10.1. The van der Waals surface area contributed by atoms with Crippen molar-refractivity contribution in [2.45, 2.75) is 38.9 Å². The van der Waals surface area contributed by atoms with Crippen LogP contribution in [0.1, 0.15) is 38.9 Å². The van der Waals surface area contributed by atoms with Crippen LogP contribution in [0.25, 0.3) is 0 Å². The fraction of sp³-hybridized carbons (Fsp3) is 0.429. The Morgan fingerprint density at radius 1 is 1.63 bits per heavy atom. The number of aromatic nitrogens is 1. The van der Waals surface area contributed by atoms with Crippen molar-refractivity contribution < 1.29 is 14.6 Å². The van der Waals surface area contributed by atoms with E-state index in [-0.39, 0.29) is 0 Å². The number of hydrogen-bond donors (Lipinski definition) is 2. The molecular weight excluding hydrogens is 244 g/mol. The summed E-state index contributed by atoms with van der Waals surface area (Å²) in [5.74, 6) is 0.342. The molecule has 0 aliphatic heterocycles. The van der Waals surface area contributed by atoms with Crippen LogP contribution in [0.2, 0.25) is 0 Å². The predicted octanol–water partition coefficient (Wildman–Crippen LogP) is 3.04. The molecule has 1 heterocycles. The highest BCUT2D eigenvalue weighted by Gasteiger charge is 2.17. The fourth-order valence-electron chi connectivity index (χ4n) is 1.42. The van der Waals surface area contributed by atoms with Crippen molar-refractivity contribution in [1.29, 1.82) is 0 Å². The second-order valence-electron chi connectivity index (χ2n) is 5.14. The van der Waals surface area contributed by atoms with Crippen LogP contribution in [0.15, 0.2) is 31.0 Å². The Hall–Kier alpha value is -1.88. The average Bonchev–Trinajstić information content (AvgIpc) is 2.27. The van der Waals surface area contributed by atoms with Gasteiger partial charge in [-0.05, 0) is 44.9 Å². The molecule has 5 nitrogen and oxygen atoms in total. The Balaban J connectivity index is 2.72. The summed E-state index contributed by atoms with van der Waals surface area (Å²) in [6.45, 7) is 8.92. The van der Waals surface area contributed by atoms with Gasteiger partial charge in [-0.1, -0.05) is 6.08 Å². The summed E-state index contributed by atoms with van der Waals surface area (Å²) in [5.41, 5.74) is 0.102. The second kappa shape index (κ2) is 6.33. The summed E-state index contributed by atoms with van der Waals surface area (Å²) in [5, 5.41) is 12.3. The number of carbonyl (C=O) groups excluding carboxylic acids is 1. The first kappa shape index (κ1) is 15.2. The van der Waals surface area contributed by atoms with E-state index >= 15 is 0 Å². The summed E-state index contributed by atoms with van der Waals surface area (Å²) in [6.07, 6.45) is 2.37. The minimum Gasteiger partial charge on any atom is -0.444 e. The maximum Gasteiger partial charge on any atom is 0.413 e. The monoisotopic (exact) mass is 264 g/mol. The lowest BCUT2D eigenvalue weighted by molar-refractivity contribution is 0.0635. The van der Waals surface area contributed by atoms with Crippen LogP contribution in [0.5, 0.6) is 0 Å². The summed E-state index contributed by atoms with van der Waals surface area (Å²) >= 11 is 0. The Morgan fingerprint density at radius 3 is 2.89 bits per heavy atom. The first-order valence-electron chi connectivity index (χ1n) is 6.07. The van der Waals surface area contributed by atoms with Crippen molar-refractivity contribution >= 4 is 11.9 Å². The van der Waals surface area contributed by atoms with Gasteiger partial charge in [0, 0.05) is 6.20 Å². The number of nitrogens with zero attached hydrogens (tertiary/aromatic N) is 1. The fourth-order valence-corrected chi connectivity index (χ4v) is 1.42. The van der Waals surface area contributed by atoms with Gasteiger partial charge < -0.3 is 9.84 Å². The molecule has 1 amide bonds. The third-order valence-electron chi connectivity index (χ3n) is 2.19. The van der Waals surface area contributed by atoms with E-state index in [2.05, 4.69) is 16.9 Å². The van der Waals surface area contributed by atoms with Gasteiger partial charge in [0.05, 0.1) is 6.10 Å². The van der Waals surface area contributed by atoms with Gasteiger partial charge in [-0.25, -0.2) is 9.78 Å². The highest BCUT2D eigenvalue weighted by Crippen LogP contribution is 2.19. The highest BCUT2D eigenvalue weighted by molar-refractivity contribution is 5.83. The number of rotatable bonds is 4. The van der Waals surface area contributed by atoms with Gasteiger partial charge in [0.2, 0.25) is 0 Å². The first-order chi connectivity index (χ1) is 8.81. The number of anilines is 1. The molecule has 0 bridgehead atoms. The van der Waals surface area contributed by atoms with Crippen molar-refractivity contribution in [3.63, 3.8) is 0 Å². The van der Waals surface area contributed by atoms with E-state index in [0.29, 0.717) is 17.8 Å². The molecule has 1 atom stereocenters. The highest BCUT2D eigenvalue weighted by atomic mass is 16.6. The second-order valence-corrected chi connectivity index (χ2v) is 5.14. The van der Waals surface area contributed by atoms with Crippen LogP contribution in [0.3, 0.4) is 0 Å². The SMILES string of the molecule is C=CCC(O)c1ccnc(NC(=O)OC(C)(C)C)c1. The number of aliphatic hydroxyl groups excluding tert-OH is 1. The van der Waals surface area contributed by atoms with Gasteiger partial charge in [-0.2, -0.15) is 0 Å². The van der Waals surface area contributed by atoms with Crippen molar-refractivity contribution in [3.8, 4) is 0 Å². The maximum absolute atomic E-state index is 11.6. The smallest absolute Gasteiger partial charge is 0.413 e. The molecule has 1 aromatic rings. The van der Waals surface area contributed by atoms with Crippen LogP contribution in [0.4, 0.5) is 10.6 Å². The summed E-state index contributed by atoms with van der Waals surface area (Å²) in [7, 11) is 0. The minimum absolute atomic E-state index is 0.342. The molecule has 19 heavy (non-hydrogen) atoms. The Kier molecular flexibility index (Phi) is 5.06. The van der Waals surface area contributed by atoms with E-state index in [1.807, 2.05) is 0 Å². The largest absolute Gasteiger partial charge is 0.444 e. The van der Waals surface area contributed by atoms with Crippen molar-refractivity contribution in [2.24, 2.45) is 0 Å². The molecule has 1 rings (SSSR count). The van der Waals surface area contributed by atoms with E-state index in [9.17, 15) is 9.90 Å². The molecule has 0 spiro atoms. The van der Waals surface area contributed by atoms with Gasteiger partial charge in [0.15, 0.2) is 0 Å². The third-order valence-corrected chi connectivity index (χ3v) is 2.19. The molecule has 0 aliphatic carbocycles. The van der Waals surface area contributed by atoms with E-state index in [4.69, 9.17) is 4.74 Å². The van der Waals surface area contributed by atoms with Crippen LogP contribution >= 0.6 is 0 Å². The number of nitrogens with one attached hydrogen (secondary N) is 1. The molecular formula is C14H20N2O3. The van der Waals surface area contributed by atoms with Crippen molar-refractivity contribution in [2.75, 3.05) is 5.32 Å². The number of carbonyl (C=O) groups is 1. The molecule has 5 heteroatoms. The van der Waals surface area contributed by atoms with Crippen LogP contribution < -0.4 is 5.32 Å². The van der Waals surface area contributed by atoms with Crippen molar-refractivity contribution in [3.05, 3.63) is 36.5 Å². The molecule has 104 valence electrons. The average molecular weight is 264 g/mol. The minimum atomic E-state index is -0.653. The third kappa shape index (κ3) is 5.52. The maximum atomic E-state index is 11.6. The lowest BCUT2D eigenvalue weighted by Gasteiger charge is -2.19. The molecule has 1 aromatic heterocycles. The molecule has 0 saturated heterocycles. The topological polar surface area (TPSA) is 71.5 Å². The molecule has 2 N–H and O–H groups in total. The van der Waals surface area contributed by atoms with Gasteiger partial charge in [-0.15, -0.1) is 6.58 Å². The molecule has 0 aliphatic rings. The van der Waals surface area contributed by atoms with E-state index in [1.54, 1.807) is 39.0 Å². The van der Waals surface area contributed by atoms with E-state index < -0.39 is 17.8 Å². The van der Waals surface area contributed by atoms with Gasteiger partial charge >= 0.3 is 6.09 Å². The zero-order chi connectivity index (χ0) is 14.5. The summed E-state index contributed by atoms with van der Waals surface area (Å²) in [6, 6.07) is 3.30. The molecule has 1 unspecified atom stereocenters. The Labute approximate surface area is 113 Å². The van der Waals surface area contributed by atoms with E-state index in [0.717, 1.165) is 0 Å². The standard InChI is InChI=1S/C14H20N2O3/c1-5-6-11(17)10-7-8-15-12(9-10)16-13(18)19-14(2,3)4/h5,7-9,11,17H,1,6H2,2-4H3,(H,15,16,18). The van der Waals surface area contributed by atoms with Gasteiger partial charge in [-0.3, -0.25) is 5.32 Å². The molecule has 0 aromatic carbocycles. The number of ether oxygens (including phenoxy) is 1. The van der Waals surface area contributed by atoms with Gasteiger partial charge in [0.1, 0.15) is 11.4 Å². The molecule has 0 fully saturated rings. The first-order valence-corrected chi connectivity index (χ1v) is 6.07. The van der Waals surface area contributed by atoms with Gasteiger partial charge in [0.25, 0.3) is 0 Å². The van der Waals surface area contributed by atoms with Crippen LogP contribution in [-0.2, 0) is 4.74 Å². The zero-order valence-corrected chi connectivity index (χ0v) is 11.5. The lowest BCUT2D eigenvalue weighted by Crippen LogP contribution is -2.27. The summed E-state index contributed by atoms with van der Waals surface area (Å²) < 4.78 is 5.12. The normalized spacial score (nSPS) is 12.6. The van der Waals surface area contributed by atoms with Crippen molar-refractivity contribution in [1.82, 2.24) is 4.98 Å². The number of hydrogen-bond acceptors (Lipinski definition) is 4. The Morgan fingerprint density at radius 2 is 2.32 bits per heavy atom. The number of pyridine rings is 1. The zero-order valence-electron chi connectivity index (χ0n) is 11.5. The van der Waals surface area contributed by atoms with E-state index in [1.165, 1.54) is 6.20 Å². The summed E-state index contributed by atoms with van der Waals surface area (Å²) in [4.78, 5) is 15.6. The Bertz CT molecular complexity index is 452. The van der Waals surface area contributed by atoms with Crippen LogP contribution in [0, 0.1) is 0 Å². The molecule has 0 radical (unpaired) electrons. The number of aliphatic hydroxyl groups is 1. The molecule has 0 saturated carbocycles.